The van der Waals surface area contributed by atoms with Gasteiger partial charge in [-0.15, -0.1) is 0 Å². The average molecular weight is 408 g/mol. The number of nitrogens with one attached hydrogen (secondary N) is 1. The third-order valence-corrected chi connectivity index (χ3v) is 6.95. The molecule has 0 atom stereocenters. The van der Waals surface area contributed by atoms with E-state index in [1.807, 2.05) is 18.2 Å². The number of sulfonamides is 1. The lowest BCUT2D eigenvalue weighted by Gasteiger charge is -2.31. The molecule has 0 amide bonds. The van der Waals surface area contributed by atoms with E-state index in [0.29, 0.717) is 24.6 Å². The molecular weight excluding hydrogens is 380 g/mol. The van der Waals surface area contributed by atoms with Gasteiger partial charge in [0.2, 0.25) is 10.0 Å². The normalized spacial score (nSPS) is 16.0. The van der Waals surface area contributed by atoms with Crippen molar-refractivity contribution < 1.29 is 27.5 Å². The highest BCUT2D eigenvalue weighted by atomic mass is 32.2. The van der Waals surface area contributed by atoms with E-state index < -0.39 is 10.0 Å². The molecule has 28 heavy (non-hydrogen) atoms. The van der Waals surface area contributed by atoms with Crippen LogP contribution in [0.5, 0.6) is 17.2 Å². The van der Waals surface area contributed by atoms with Gasteiger partial charge in [-0.3, -0.25) is 0 Å². The fourth-order valence-electron chi connectivity index (χ4n) is 3.46. The van der Waals surface area contributed by atoms with Crippen LogP contribution in [0.3, 0.4) is 0 Å². The smallest absolute Gasteiger partial charge is 0.243 e. The largest absolute Gasteiger partial charge is 0.496 e. The van der Waals surface area contributed by atoms with Gasteiger partial charge in [-0.2, -0.15) is 4.31 Å². The summed E-state index contributed by atoms with van der Waals surface area (Å²) in [6, 6.07) is 12.6. The minimum Gasteiger partial charge on any atom is -0.496 e. The van der Waals surface area contributed by atoms with Crippen LogP contribution in [0.2, 0.25) is 0 Å². The Morgan fingerprint density at radius 1 is 0.893 bits per heavy atom. The first-order valence-corrected chi connectivity index (χ1v) is 10.6. The molecule has 8 heteroatoms. The number of methoxy groups -OCH3 is 3. The van der Waals surface area contributed by atoms with Gasteiger partial charge in [0.25, 0.3) is 0 Å². The molecule has 1 N–H and O–H groups in total. The molecule has 2 aromatic carbocycles. The molecule has 0 unspecified atom stereocenters. The van der Waals surface area contributed by atoms with Gasteiger partial charge in [0.05, 0.1) is 52.4 Å². The van der Waals surface area contributed by atoms with Crippen molar-refractivity contribution in [3.63, 3.8) is 0 Å². The van der Waals surface area contributed by atoms with Crippen LogP contribution in [0.15, 0.2) is 47.4 Å². The number of rotatable bonds is 7. The van der Waals surface area contributed by atoms with E-state index in [1.54, 1.807) is 23.5 Å². The van der Waals surface area contributed by atoms with Crippen LogP contribution in [0.1, 0.15) is 5.56 Å². The third kappa shape index (κ3) is 4.24. The Hall–Kier alpha value is -2.29. The Kier molecular flexibility index (Phi) is 6.43. The molecule has 7 nitrogen and oxygen atoms in total. The monoisotopic (exact) mass is 407 g/mol. The maximum Gasteiger partial charge on any atom is 0.243 e. The highest BCUT2D eigenvalue weighted by Crippen LogP contribution is 2.30. The zero-order valence-electron chi connectivity index (χ0n) is 16.5. The summed E-state index contributed by atoms with van der Waals surface area (Å²) in [5.41, 5.74) is 1.14. The Morgan fingerprint density at radius 2 is 1.54 bits per heavy atom. The number of hydrogen-bond acceptors (Lipinski definition) is 5. The molecule has 1 saturated heterocycles. The van der Waals surface area contributed by atoms with Crippen LogP contribution in [0.25, 0.3) is 0 Å². The Bertz CT molecular complexity index is 909. The predicted molar refractivity (Wildman–Crippen MR) is 106 cm³/mol. The van der Waals surface area contributed by atoms with Crippen molar-refractivity contribution in [2.24, 2.45) is 0 Å². The van der Waals surface area contributed by atoms with Crippen molar-refractivity contribution in [1.82, 2.24) is 4.31 Å². The average Bonchev–Trinajstić information content (AvgIpc) is 2.74. The molecule has 2 aromatic rings. The first kappa shape index (κ1) is 20.4. The van der Waals surface area contributed by atoms with Crippen LogP contribution in [0, 0.1) is 0 Å². The number of benzene rings is 2. The van der Waals surface area contributed by atoms with Gasteiger partial charge in [-0.05, 0) is 24.3 Å². The molecule has 152 valence electrons. The Balaban J connectivity index is 1.68. The van der Waals surface area contributed by atoms with Gasteiger partial charge in [0.15, 0.2) is 11.5 Å². The summed E-state index contributed by atoms with van der Waals surface area (Å²) < 4.78 is 43.4. The van der Waals surface area contributed by atoms with Gasteiger partial charge in [0.1, 0.15) is 12.3 Å². The second-order valence-electron chi connectivity index (χ2n) is 6.66. The number of para-hydroxylation sites is 1. The summed E-state index contributed by atoms with van der Waals surface area (Å²) in [5, 5.41) is 0. The van der Waals surface area contributed by atoms with Crippen LogP contribution < -0.4 is 19.1 Å². The SMILES string of the molecule is COc1ccccc1C[NH+]1CCN(S(=O)(=O)c2ccc(OC)c(OC)c2)CC1. The van der Waals surface area contributed by atoms with Gasteiger partial charge in [0, 0.05) is 11.6 Å². The van der Waals surface area contributed by atoms with Gasteiger partial charge < -0.3 is 19.1 Å². The number of nitrogens with zero attached hydrogens (tertiary/aromatic N) is 1. The molecule has 0 spiro atoms. The third-order valence-electron chi connectivity index (χ3n) is 5.06. The zero-order valence-corrected chi connectivity index (χ0v) is 17.3. The van der Waals surface area contributed by atoms with Crippen LogP contribution in [-0.2, 0) is 16.6 Å². The molecule has 0 saturated carbocycles. The minimum atomic E-state index is -3.57. The van der Waals surface area contributed by atoms with Crippen molar-refractivity contribution in [2.75, 3.05) is 47.5 Å². The van der Waals surface area contributed by atoms with Gasteiger partial charge >= 0.3 is 0 Å². The van der Waals surface area contributed by atoms with Crippen molar-refractivity contribution in [1.29, 1.82) is 0 Å². The molecule has 0 bridgehead atoms. The van der Waals surface area contributed by atoms with E-state index in [4.69, 9.17) is 14.2 Å². The first-order valence-electron chi connectivity index (χ1n) is 9.17. The Labute approximate surface area is 166 Å². The van der Waals surface area contributed by atoms with E-state index in [1.165, 1.54) is 25.2 Å². The highest BCUT2D eigenvalue weighted by molar-refractivity contribution is 7.89. The summed E-state index contributed by atoms with van der Waals surface area (Å²) >= 11 is 0. The minimum absolute atomic E-state index is 0.221. The van der Waals surface area contributed by atoms with Gasteiger partial charge in [-0.1, -0.05) is 12.1 Å². The van der Waals surface area contributed by atoms with Crippen LogP contribution >= 0.6 is 0 Å². The fourth-order valence-corrected chi connectivity index (χ4v) is 4.92. The number of quaternary nitrogens is 1. The molecule has 0 radical (unpaired) electrons. The Morgan fingerprint density at radius 3 is 2.18 bits per heavy atom. The maximum absolute atomic E-state index is 13.0. The van der Waals surface area contributed by atoms with Gasteiger partial charge in [-0.25, -0.2) is 8.42 Å². The molecule has 1 aliphatic rings. The van der Waals surface area contributed by atoms with Crippen molar-refractivity contribution in [2.45, 2.75) is 11.4 Å². The quantitative estimate of drug-likeness (QED) is 0.735. The lowest BCUT2D eigenvalue weighted by atomic mass is 10.2. The van der Waals surface area contributed by atoms with Crippen molar-refractivity contribution in [3.05, 3.63) is 48.0 Å². The molecule has 3 rings (SSSR count). The van der Waals surface area contributed by atoms with E-state index in [0.717, 1.165) is 30.9 Å². The number of hydrogen-bond donors (Lipinski definition) is 1. The van der Waals surface area contributed by atoms with E-state index >= 15 is 0 Å². The lowest BCUT2D eigenvalue weighted by Crippen LogP contribution is -3.13. The fraction of sp³-hybridized carbons (Fsp3) is 0.400. The summed E-state index contributed by atoms with van der Waals surface area (Å²) in [4.78, 5) is 1.56. The molecule has 0 aromatic heterocycles. The molecule has 1 aliphatic heterocycles. The predicted octanol–water partition coefficient (Wildman–Crippen LogP) is 0.802. The molecule has 0 aliphatic carbocycles. The summed E-state index contributed by atoms with van der Waals surface area (Å²) in [5.74, 6) is 1.78. The topological polar surface area (TPSA) is 69.5 Å². The van der Waals surface area contributed by atoms with Crippen molar-refractivity contribution >= 4 is 10.0 Å². The summed E-state index contributed by atoms with van der Waals surface area (Å²) in [6.07, 6.45) is 0. The second kappa shape index (κ2) is 8.81. The maximum atomic E-state index is 13.0. The van der Waals surface area contributed by atoms with E-state index in [9.17, 15) is 8.42 Å². The number of piperazine rings is 1. The highest BCUT2D eigenvalue weighted by Gasteiger charge is 2.31. The van der Waals surface area contributed by atoms with Crippen LogP contribution in [0.4, 0.5) is 0 Å². The zero-order chi connectivity index (χ0) is 20.1. The van der Waals surface area contributed by atoms with E-state index in [2.05, 4.69) is 6.07 Å². The van der Waals surface area contributed by atoms with Crippen molar-refractivity contribution in [3.8, 4) is 17.2 Å². The van der Waals surface area contributed by atoms with Crippen LogP contribution in [-0.4, -0.2) is 60.2 Å². The number of ether oxygens (including phenoxy) is 3. The van der Waals surface area contributed by atoms with E-state index in [-0.39, 0.29) is 4.90 Å². The lowest BCUT2D eigenvalue weighted by molar-refractivity contribution is -0.917. The standard InChI is InChI=1S/C20H26N2O5S/c1-25-18-7-5-4-6-16(18)15-21-10-12-22(13-11-21)28(23,24)17-8-9-19(26-2)20(14-17)27-3/h4-9,14H,10-13,15H2,1-3H3/p+1. The summed E-state index contributed by atoms with van der Waals surface area (Å²) in [7, 11) is 1.12. The summed E-state index contributed by atoms with van der Waals surface area (Å²) in [6.45, 7) is 3.24. The molecule has 1 heterocycles. The first-order chi connectivity index (χ1) is 13.5. The molecular formula is C20H27N2O5S+. The second-order valence-corrected chi connectivity index (χ2v) is 8.60. The molecule has 1 fully saturated rings.